The first-order valence-corrected chi connectivity index (χ1v) is 8.31. The normalized spacial score (nSPS) is 11.3. The van der Waals surface area contributed by atoms with E-state index in [0.717, 1.165) is 24.3 Å². The predicted octanol–water partition coefficient (Wildman–Crippen LogP) is 3.14. The summed E-state index contributed by atoms with van der Waals surface area (Å²) in [6.07, 6.45) is 0. The molecular formula is C16H13F2NO4S. The van der Waals surface area contributed by atoms with Crippen LogP contribution in [0.5, 0.6) is 0 Å². The molecule has 0 unspecified atom stereocenters. The first-order chi connectivity index (χ1) is 11.2. The van der Waals surface area contributed by atoms with Gasteiger partial charge in [-0.1, -0.05) is 12.1 Å². The first-order valence-electron chi connectivity index (χ1n) is 6.76. The average Bonchev–Trinajstić information content (AvgIpc) is 2.55. The van der Waals surface area contributed by atoms with Gasteiger partial charge in [0.1, 0.15) is 0 Å². The Kier molecular flexibility index (Phi) is 5.08. The minimum absolute atomic E-state index is 0.0939. The highest BCUT2D eigenvalue weighted by atomic mass is 32.2. The van der Waals surface area contributed by atoms with Crippen molar-refractivity contribution in [1.29, 1.82) is 0 Å². The number of rotatable bonds is 5. The Labute approximate surface area is 137 Å². The molecule has 2 aromatic carbocycles. The quantitative estimate of drug-likeness (QED) is 0.838. The van der Waals surface area contributed by atoms with Gasteiger partial charge in [0.05, 0.1) is 4.90 Å². The van der Waals surface area contributed by atoms with Gasteiger partial charge in [0, 0.05) is 16.8 Å². The maximum Gasteiger partial charge on any atom is 0.341 e. The van der Waals surface area contributed by atoms with Gasteiger partial charge < -0.3 is 5.32 Å². The molecule has 0 heterocycles. The van der Waals surface area contributed by atoms with Crippen LogP contribution in [0.15, 0.2) is 53.4 Å². The van der Waals surface area contributed by atoms with Crippen molar-refractivity contribution in [2.45, 2.75) is 17.6 Å². The van der Waals surface area contributed by atoms with Crippen molar-refractivity contribution < 1.29 is 26.8 Å². The molecule has 8 heteroatoms. The van der Waals surface area contributed by atoms with Crippen LogP contribution >= 0.6 is 0 Å². The Morgan fingerprint density at radius 2 is 1.62 bits per heavy atom. The predicted molar refractivity (Wildman–Crippen MR) is 84.0 cm³/mol. The van der Waals surface area contributed by atoms with E-state index in [1.807, 2.05) is 0 Å². The van der Waals surface area contributed by atoms with Crippen molar-refractivity contribution in [3.8, 4) is 0 Å². The van der Waals surface area contributed by atoms with E-state index in [1.165, 1.54) is 13.0 Å². The van der Waals surface area contributed by atoms with Crippen LogP contribution in [0.2, 0.25) is 0 Å². The zero-order valence-corrected chi connectivity index (χ0v) is 13.3. The van der Waals surface area contributed by atoms with Crippen molar-refractivity contribution in [3.05, 3.63) is 59.7 Å². The molecule has 0 aliphatic rings. The average molecular weight is 353 g/mol. The molecule has 0 saturated carbocycles. The number of carbonyl (C=O) groups is 2. The molecule has 0 saturated heterocycles. The molecule has 1 amide bonds. The number of amides is 1. The molecule has 0 fully saturated rings. The van der Waals surface area contributed by atoms with Gasteiger partial charge in [-0.15, -0.1) is 0 Å². The highest BCUT2D eigenvalue weighted by molar-refractivity contribution is 7.91. The van der Waals surface area contributed by atoms with Gasteiger partial charge in [0.2, 0.25) is 9.84 Å². The van der Waals surface area contributed by atoms with Gasteiger partial charge in [0.15, 0.2) is 5.78 Å². The summed E-state index contributed by atoms with van der Waals surface area (Å²) in [5.74, 6) is -4.24. The molecule has 1 N–H and O–H groups in total. The molecule has 0 radical (unpaired) electrons. The van der Waals surface area contributed by atoms with E-state index in [9.17, 15) is 26.8 Å². The Hall–Kier alpha value is -2.61. The van der Waals surface area contributed by atoms with Gasteiger partial charge in [-0.25, -0.2) is 8.42 Å². The second-order valence-electron chi connectivity index (χ2n) is 4.92. The Morgan fingerprint density at radius 1 is 1.00 bits per heavy atom. The van der Waals surface area contributed by atoms with Gasteiger partial charge >= 0.3 is 5.76 Å². The SMILES string of the molecule is CC(=O)c1cccc(NC(=O)c2ccc(S(=O)(=O)C(F)F)cc2)c1. The maximum atomic E-state index is 12.5. The summed E-state index contributed by atoms with van der Waals surface area (Å²) < 4.78 is 47.6. The van der Waals surface area contributed by atoms with E-state index in [2.05, 4.69) is 5.32 Å². The Balaban J connectivity index is 2.19. The third-order valence-corrected chi connectivity index (χ3v) is 4.60. The zero-order valence-electron chi connectivity index (χ0n) is 12.5. The number of Topliss-reactive ketones (excluding diaryl/α,β-unsaturated/α-hetero) is 1. The number of hydrogen-bond acceptors (Lipinski definition) is 4. The smallest absolute Gasteiger partial charge is 0.322 e. The topological polar surface area (TPSA) is 80.3 Å². The van der Waals surface area contributed by atoms with Crippen molar-refractivity contribution in [3.63, 3.8) is 0 Å². The minimum Gasteiger partial charge on any atom is -0.322 e. The summed E-state index contributed by atoms with van der Waals surface area (Å²) in [7, 11) is -4.70. The monoisotopic (exact) mass is 353 g/mol. The summed E-state index contributed by atoms with van der Waals surface area (Å²) in [4.78, 5) is 22.8. The number of alkyl halides is 2. The van der Waals surface area contributed by atoms with Crippen molar-refractivity contribution in [2.75, 3.05) is 5.32 Å². The fourth-order valence-corrected chi connectivity index (χ4v) is 2.64. The number of halogens is 2. The van der Waals surface area contributed by atoms with E-state index in [1.54, 1.807) is 18.2 Å². The third-order valence-electron chi connectivity index (χ3n) is 3.21. The molecule has 126 valence electrons. The lowest BCUT2D eigenvalue weighted by Crippen LogP contribution is -2.14. The molecule has 0 spiro atoms. The van der Waals surface area contributed by atoms with Crippen LogP contribution in [0.3, 0.4) is 0 Å². The lowest BCUT2D eigenvalue weighted by atomic mass is 10.1. The number of nitrogens with one attached hydrogen (secondary N) is 1. The highest BCUT2D eigenvalue weighted by Crippen LogP contribution is 2.19. The van der Waals surface area contributed by atoms with Crippen molar-refractivity contribution in [1.82, 2.24) is 0 Å². The van der Waals surface area contributed by atoms with E-state index in [4.69, 9.17) is 0 Å². The summed E-state index contributed by atoms with van der Waals surface area (Å²) >= 11 is 0. The van der Waals surface area contributed by atoms with Crippen LogP contribution in [0.25, 0.3) is 0 Å². The molecule has 5 nitrogen and oxygen atoms in total. The Morgan fingerprint density at radius 3 is 2.17 bits per heavy atom. The largest absolute Gasteiger partial charge is 0.341 e. The summed E-state index contributed by atoms with van der Waals surface area (Å²) in [5, 5.41) is 2.55. The van der Waals surface area contributed by atoms with Crippen LogP contribution in [-0.4, -0.2) is 25.9 Å². The lowest BCUT2D eigenvalue weighted by Gasteiger charge is -2.07. The lowest BCUT2D eigenvalue weighted by molar-refractivity contribution is 0.101. The highest BCUT2D eigenvalue weighted by Gasteiger charge is 2.26. The molecule has 0 aliphatic heterocycles. The molecule has 2 aromatic rings. The van der Waals surface area contributed by atoms with Crippen LogP contribution in [-0.2, 0) is 9.84 Å². The van der Waals surface area contributed by atoms with E-state index in [0.29, 0.717) is 11.3 Å². The minimum atomic E-state index is -4.70. The van der Waals surface area contributed by atoms with Crippen LogP contribution < -0.4 is 5.32 Å². The van der Waals surface area contributed by atoms with Gasteiger partial charge in [-0.2, -0.15) is 8.78 Å². The molecule has 0 aromatic heterocycles. The summed E-state index contributed by atoms with van der Waals surface area (Å²) in [6.45, 7) is 1.39. The number of benzene rings is 2. The van der Waals surface area contributed by atoms with E-state index in [-0.39, 0.29) is 11.3 Å². The second-order valence-corrected chi connectivity index (χ2v) is 6.84. The molecule has 0 aliphatic carbocycles. The zero-order chi connectivity index (χ0) is 17.9. The van der Waals surface area contributed by atoms with Crippen LogP contribution in [0, 0.1) is 0 Å². The van der Waals surface area contributed by atoms with Gasteiger partial charge in [0.25, 0.3) is 5.91 Å². The number of anilines is 1. The third kappa shape index (κ3) is 3.83. The fraction of sp³-hybridized carbons (Fsp3) is 0.125. The standard InChI is InChI=1S/C16H13F2NO4S/c1-10(20)12-3-2-4-13(9-12)19-15(21)11-5-7-14(8-6-11)24(22,23)16(17)18/h2-9,16H,1H3,(H,19,21). The summed E-state index contributed by atoms with van der Waals surface area (Å²) in [5.41, 5.74) is 0.902. The van der Waals surface area contributed by atoms with E-state index < -0.39 is 26.4 Å². The Bertz CT molecular complexity index is 877. The van der Waals surface area contributed by atoms with Crippen molar-refractivity contribution in [2.24, 2.45) is 0 Å². The maximum absolute atomic E-state index is 12.5. The second kappa shape index (κ2) is 6.88. The number of ketones is 1. The number of hydrogen-bond donors (Lipinski definition) is 1. The van der Waals surface area contributed by atoms with E-state index >= 15 is 0 Å². The molecule has 24 heavy (non-hydrogen) atoms. The van der Waals surface area contributed by atoms with Crippen molar-refractivity contribution >= 4 is 27.2 Å². The molecule has 0 atom stereocenters. The first kappa shape index (κ1) is 17.7. The van der Waals surface area contributed by atoms with Crippen LogP contribution in [0.4, 0.5) is 14.5 Å². The van der Waals surface area contributed by atoms with Gasteiger partial charge in [-0.3, -0.25) is 9.59 Å². The number of sulfone groups is 1. The summed E-state index contributed by atoms with van der Waals surface area (Å²) in [6, 6.07) is 10.5. The molecular weight excluding hydrogens is 340 g/mol. The molecule has 0 bridgehead atoms. The number of carbonyl (C=O) groups excluding carboxylic acids is 2. The van der Waals surface area contributed by atoms with Crippen LogP contribution in [0.1, 0.15) is 27.6 Å². The van der Waals surface area contributed by atoms with Gasteiger partial charge in [-0.05, 0) is 43.3 Å². The fourth-order valence-electron chi connectivity index (χ4n) is 1.92. The molecule has 2 rings (SSSR count).